The molecule has 1 aliphatic rings. The Morgan fingerprint density at radius 2 is 1.91 bits per heavy atom. The van der Waals surface area contributed by atoms with Gasteiger partial charge in [0.25, 0.3) is 0 Å². The minimum atomic E-state index is -0.955. The van der Waals surface area contributed by atoms with E-state index in [2.05, 4.69) is 4.98 Å². The zero-order valence-corrected chi connectivity index (χ0v) is 14.4. The molecular formula is C16H23FN2O2S. The highest BCUT2D eigenvalue weighted by atomic mass is 32.1. The van der Waals surface area contributed by atoms with Crippen molar-refractivity contribution in [2.45, 2.75) is 34.2 Å². The summed E-state index contributed by atoms with van der Waals surface area (Å²) in [5.41, 5.74) is 4.21. The van der Waals surface area contributed by atoms with E-state index in [9.17, 15) is 14.3 Å². The largest absolute Gasteiger partial charge is 0.465 e. The van der Waals surface area contributed by atoms with Gasteiger partial charge in [-0.3, -0.25) is 9.29 Å². The molecule has 1 N–H and O–H groups in total. The summed E-state index contributed by atoms with van der Waals surface area (Å²) in [6.45, 7) is 8.11. The molecule has 0 spiro atoms. The van der Waals surface area contributed by atoms with Crippen LogP contribution in [0.15, 0.2) is 35.5 Å². The van der Waals surface area contributed by atoms with Gasteiger partial charge in [0.1, 0.15) is 0 Å². The second-order valence-electron chi connectivity index (χ2n) is 3.80. The van der Waals surface area contributed by atoms with Crippen molar-refractivity contribution in [3.63, 3.8) is 0 Å². The van der Waals surface area contributed by atoms with Crippen molar-refractivity contribution in [2.24, 2.45) is 0 Å². The maximum Gasteiger partial charge on any atom is 0.412 e. The van der Waals surface area contributed by atoms with Crippen molar-refractivity contribution in [1.82, 2.24) is 9.88 Å². The molecule has 122 valence electrons. The molecule has 2 rings (SSSR count). The minimum absolute atomic E-state index is 0.314. The highest BCUT2D eigenvalue weighted by molar-refractivity contribution is 7.11. The summed E-state index contributed by atoms with van der Waals surface area (Å²) in [5, 5.41) is 9.29. The van der Waals surface area contributed by atoms with Crippen molar-refractivity contribution in [2.75, 3.05) is 7.18 Å². The third-order valence-corrected chi connectivity index (χ3v) is 3.55. The lowest BCUT2D eigenvalue weighted by atomic mass is 10.0. The van der Waals surface area contributed by atoms with Gasteiger partial charge in [-0.15, -0.1) is 11.3 Å². The van der Waals surface area contributed by atoms with Crippen LogP contribution in [-0.2, 0) is 6.54 Å². The van der Waals surface area contributed by atoms with Crippen LogP contribution >= 0.6 is 11.3 Å². The van der Waals surface area contributed by atoms with E-state index in [1.165, 1.54) is 4.90 Å². The van der Waals surface area contributed by atoms with E-state index in [0.29, 0.717) is 19.4 Å². The fourth-order valence-electron chi connectivity index (χ4n) is 1.93. The molecule has 0 atom stereocenters. The van der Waals surface area contributed by atoms with Crippen molar-refractivity contribution >= 4 is 23.0 Å². The van der Waals surface area contributed by atoms with Gasteiger partial charge in [-0.05, 0) is 19.9 Å². The van der Waals surface area contributed by atoms with E-state index in [1.807, 2.05) is 52.0 Å². The van der Waals surface area contributed by atoms with E-state index in [1.54, 1.807) is 16.8 Å². The van der Waals surface area contributed by atoms with Gasteiger partial charge in [-0.25, -0.2) is 9.78 Å². The van der Waals surface area contributed by atoms with Gasteiger partial charge in [0.15, 0.2) is 0 Å². The Kier molecular flexibility index (Phi) is 9.78. The molecular weight excluding hydrogens is 303 g/mol. The van der Waals surface area contributed by atoms with Gasteiger partial charge >= 0.3 is 6.09 Å². The molecule has 0 radical (unpaired) electrons. The summed E-state index contributed by atoms with van der Waals surface area (Å²) < 4.78 is 9.50. The first-order valence-electron chi connectivity index (χ1n) is 6.99. The van der Waals surface area contributed by atoms with Crippen LogP contribution in [0.1, 0.15) is 38.3 Å². The van der Waals surface area contributed by atoms with Crippen LogP contribution in [0, 0.1) is 0 Å². The third kappa shape index (κ3) is 4.53. The van der Waals surface area contributed by atoms with E-state index < -0.39 is 6.09 Å². The van der Waals surface area contributed by atoms with Crippen molar-refractivity contribution in [1.29, 1.82) is 0 Å². The van der Waals surface area contributed by atoms with Crippen molar-refractivity contribution < 1.29 is 14.3 Å². The molecule has 4 nitrogen and oxygen atoms in total. The number of hydrogen-bond donors (Lipinski definition) is 1. The summed E-state index contributed by atoms with van der Waals surface area (Å²) in [7, 11) is 0.500. The average molecular weight is 326 g/mol. The SMILES string of the molecule is C/C=C\C1=C(/C=C\C)N(C(=O)O)Cc2ncsc21.CC.CF. The number of carboxylic acid groups (broad SMARTS) is 1. The summed E-state index contributed by atoms with van der Waals surface area (Å²) >= 11 is 1.54. The van der Waals surface area contributed by atoms with Crippen LogP contribution in [-0.4, -0.2) is 28.3 Å². The highest BCUT2D eigenvalue weighted by Gasteiger charge is 2.27. The summed E-state index contributed by atoms with van der Waals surface area (Å²) in [5.74, 6) is 0. The smallest absolute Gasteiger partial charge is 0.412 e. The predicted octanol–water partition coefficient (Wildman–Crippen LogP) is 5.11. The molecule has 0 saturated heterocycles. The number of rotatable bonds is 2. The van der Waals surface area contributed by atoms with Gasteiger partial charge in [0.2, 0.25) is 0 Å². The molecule has 1 aromatic rings. The Hall–Kier alpha value is -1.95. The molecule has 6 heteroatoms. The third-order valence-electron chi connectivity index (χ3n) is 2.65. The second-order valence-corrected chi connectivity index (χ2v) is 4.65. The fourth-order valence-corrected chi connectivity index (χ4v) is 2.77. The maximum atomic E-state index is 11.3. The van der Waals surface area contributed by atoms with Crippen LogP contribution in [0.3, 0.4) is 0 Å². The molecule has 22 heavy (non-hydrogen) atoms. The lowest BCUT2D eigenvalue weighted by Gasteiger charge is -2.26. The van der Waals surface area contributed by atoms with Crippen LogP contribution in [0.5, 0.6) is 0 Å². The highest BCUT2D eigenvalue weighted by Crippen LogP contribution is 2.35. The maximum absolute atomic E-state index is 11.3. The minimum Gasteiger partial charge on any atom is -0.465 e. The number of nitrogens with zero attached hydrogens (tertiary/aromatic N) is 2. The zero-order valence-electron chi connectivity index (χ0n) is 13.6. The van der Waals surface area contributed by atoms with Gasteiger partial charge in [0, 0.05) is 5.57 Å². The van der Waals surface area contributed by atoms with E-state index in [0.717, 1.165) is 16.1 Å². The lowest BCUT2D eigenvalue weighted by Crippen LogP contribution is -2.31. The number of fused-ring (bicyclic) bond motifs is 1. The van der Waals surface area contributed by atoms with Crippen LogP contribution < -0.4 is 0 Å². The molecule has 2 heterocycles. The number of halogens is 1. The molecule has 1 aliphatic heterocycles. The molecule has 0 bridgehead atoms. The molecule has 0 fully saturated rings. The number of thiazole rings is 1. The Balaban J connectivity index is 0.00000102. The van der Waals surface area contributed by atoms with Crippen molar-refractivity contribution in [3.05, 3.63) is 46.1 Å². The monoisotopic (exact) mass is 326 g/mol. The Morgan fingerprint density at radius 1 is 1.32 bits per heavy atom. The van der Waals surface area contributed by atoms with E-state index in [-0.39, 0.29) is 0 Å². The first-order valence-corrected chi connectivity index (χ1v) is 7.87. The number of amides is 1. The number of allylic oxidation sites excluding steroid dienone is 5. The van der Waals surface area contributed by atoms with Gasteiger partial charge in [-0.1, -0.05) is 32.1 Å². The number of aromatic nitrogens is 1. The molecule has 0 unspecified atom stereocenters. The van der Waals surface area contributed by atoms with Gasteiger partial charge in [0.05, 0.1) is 35.5 Å². The van der Waals surface area contributed by atoms with Crippen molar-refractivity contribution in [3.8, 4) is 0 Å². The predicted molar refractivity (Wildman–Crippen MR) is 90.6 cm³/mol. The molecule has 0 aliphatic carbocycles. The Morgan fingerprint density at radius 3 is 2.41 bits per heavy atom. The first kappa shape index (κ1) is 20.1. The van der Waals surface area contributed by atoms with Crippen LogP contribution in [0.4, 0.5) is 9.18 Å². The number of carbonyl (C=O) groups is 1. The summed E-state index contributed by atoms with van der Waals surface area (Å²) in [6, 6.07) is 0. The van der Waals surface area contributed by atoms with E-state index in [4.69, 9.17) is 0 Å². The normalized spacial score (nSPS) is 13.5. The molecule has 0 aromatic carbocycles. The Bertz CT molecular complexity index is 562. The average Bonchev–Trinajstić information content (AvgIpc) is 3.01. The second kappa shape index (κ2) is 10.7. The van der Waals surface area contributed by atoms with Gasteiger partial charge < -0.3 is 5.11 Å². The lowest BCUT2D eigenvalue weighted by molar-refractivity contribution is 0.157. The number of hydrogen-bond acceptors (Lipinski definition) is 3. The fraction of sp³-hybridized carbons (Fsp3) is 0.375. The van der Waals surface area contributed by atoms with Crippen LogP contribution in [0.2, 0.25) is 0 Å². The topological polar surface area (TPSA) is 53.4 Å². The van der Waals surface area contributed by atoms with E-state index >= 15 is 0 Å². The van der Waals surface area contributed by atoms with Gasteiger partial charge in [-0.2, -0.15) is 0 Å². The summed E-state index contributed by atoms with van der Waals surface area (Å²) in [6.07, 6.45) is 6.56. The molecule has 1 aromatic heterocycles. The number of alkyl halides is 1. The molecule has 0 saturated carbocycles. The first-order chi connectivity index (χ1) is 10.7. The standard InChI is InChI=1S/C13H14N2O2S.C2H6.CH3F/c1-3-5-9-11(6-4-2)15(13(16)17)7-10-12(9)18-8-14-10;2*1-2/h3-6,8H,7H2,1-2H3,(H,16,17);1-2H3;1H3/b5-3-,6-4-;;. The quantitative estimate of drug-likeness (QED) is 0.821. The zero-order chi connectivity index (χ0) is 17.1. The summed E-state index contributed by atoms with van der Waals surface area (Å²) in [4.78, 5) is 18.0. The van der Waals surface area contributed by atoms with Crippen LogP contribution in [0.25, 0.3) is 5.57 Å². The molecule has 1 amide bonds. The Labute approximate surface area is 135 Å².